The highest BCUT2D eigenvalue weighted by Gasteiger charge is 2.34. The topological polar surface area (TPSA) is 49.6 Å². The number of amides is 1. The quantitative estimate of drug-likeness (QED) is 0.864. The van der Waals surface area contributed by atoms with E-state index in [-0.39, 0.29) is 0 Å². The molecule has 0 radical (unpaired) electrons. The van der Waals surface area contributed by atoms with Crippen molar-refractivity contribution in [3.63, 3.8) is 0 Å². The van der Waals surface area contributed by atoms with E-state index in [1.807, 2.05) is 29.3 Å². The average Bonchev–Trinajstić information content (AvgIpc) is 3.14. The minimum Gasteiger partial charge on any atom is -0.440 e. The van der Waals surface area contributed by atoms with Gasteiger partial charge in [0.25, 0.3) is 0 Å². The van der Waals surface area contributed by atoms with Crippen molar-refractivity contribution >= 4 is 17.2 Å². The van der Waals surface area contributed by atoms with Gasteiger partial charge in [0.05, 0.1) is 10.6 Å². The number of aryl methyl sites for hydroxylation is 1. The van der Waals surface area contributed by atoms with Crippen molar-refractivity contribution in [1.29, 1.82) is 0 Å². The third-order valence-corrected chi connectivity index (χ3v) is 5.47. The zero-order valence-electron chi connectivity index (χ0n) is 13.3. The molecular weight excluding hydrogens is 310 g/mol. The Hall–Kier alpha value is -1.66. The van der Waals surface area contributed by atoms with Gasteiger partial charge in [0.15, 0.2) is 0 Å². The number of hydrogen-bond donors (Lipinski definition) is 0. The summed E-state index contributed by atoms with van der Waals surface area (Å²) in [5.41, 5.74) is 1.01. The fraction of sp³-hybridized carbons (Fsp3) is 0.529. The molecule has 2 aliphatic rings. The van der Waals surface area contributed by atoms with Gasteiger partial charge in [-0.1, -0.05) is 6.07 Å². The first-order chi connectivity index (χ1) is 11.2. The van der Waals surface area contributed by atoms with Crippen molar-refractivity contribution in [3.8, 4) is 10.8 Å². The van der Waals surface area contributed by atoms with Crippen molar-refractivity contribution in [2.24, 2.45) is 5.92 Å². The van der Waals surface area contributed by atoms with Crippen LogP contribution in [0.3, 0.4) is 0 Å². The summed E-state index contributed by atoms with van der Waals surface area (Å²) < 4.78 is 5.81. The Bertz CT molecular complexity index is 683. The van der Waals surface area contributed by atoms with Gasteiger partial charge in [-0.05, 0) is 31.2 Å². The molecule has 0 unspecified atom stereocenters. The smallest absolute Gasteiger partial charge is 0.236 e. The predicted octanol–water partition coefficient (Wildman–Crippen LogP) is 2.77. The van der Waals surface area contributed by atoms with Crippen LogP contribution in [0.15, 0.2) is 21.9 Å². The molecule has 122 valence electrons. The van der Waals surface area contributed by atoms with E-state index in [0.717, 1.165) is 67.8 Å². The summed E-state index contributed by atoms with van der Waals surface area (Å²) in [6.45, 7) is 6.28. The number of oxazole rings is 1. The van der Waals surface area contributed by atoms with Crippen LogP contribution in [0.5, 0.6) is 0 Å². The van der Waals surface area contributed by atoms with Gasteiger partial charge in [0, 0.05) is 38.6 Å². The number of piperazine rings is 1. The molecule has 2 aromatic heterocycles. The van der Waals surface area contributed by atoms with E-state index < -0.39 is 0 Å². The summed E-state index contributed by atoms with van der Waals surface area (Å²) in [6, 6.07) is 4.04. The van der Waals surface area contributed by atoms with E-state index in [9.17, 15) is 4.79 Å². The number of nitrogens with zero attached hydrogens (tertiary/aromatic N) is 3. The zero-order valence-corrected chi connectivity index (χ0v) is 14.1. The Morgan fingerprint density at radius 2 is 2.13 bits per heavy atom. The van der Waals surface area contributed by atoms with Crippen LogP contribution in [-0.4, -0.2) is 46.9 Å². The summed E-state index contributed by atoms with van der Waals surface area (Å²) in [6.07, 6.45) is 2.17. The van der Waals surface area contributed by atoms with Gasteiger partial charge in [-0.2, -0.15) is 0 Å². The number of carbonyl (C=O) groups excluding carboxylic acids is 1. The lowest BCUT2D eigenvalue weighted by Gasteiger charge is -2.34. The predicted molar refractivity (Wildman–Crippen MR) is 89.1 cm³/mol. The van der Waals surface area contributed by atoms with E-state index in [0.29, 0.717) is 11.8 Å². The molecule has 1 saturated carbocycles. The first kappa shape index (κ1) is 14.9. The normalized spacial score (nSPS) is 19.3. The van der Waals surface area contributed by atoms with Crippen LogP contribution >= 0.6 is 11.3 Å². The first-order valence-corrected chi connectivity index (χ1v) is 9.10. The lowest BCUT2D eigenvalue weighted by atomic mass is 10.2. The van der Waals surface area contributed by atoms with Gasteiger partial charge in [-0.25, -0.2) is 4.98 Å². The average molecular weight is 331 g/mol. The molecule has 6 heteroatoms. The molecule has 4 rings (SSSR count). The lowest BCUT2D eigenvalue weighted by Crippen LogP contribution is -2.48. The highest BCUT2D eigenvalue weighted by molar-refractivity contribution is 7.13. The van der Waals surface area contributed by atoms with Crippen molar-refractivity contribution in [3.05, 3.63) is 29.0 Å². The van der Waals surface area contributed by atoms with Gasteiger partial charge in [-0.3, -0.25) is 9.69 Å². The molecule has 0 N–H and O–H groups in total. The molecular formula is C17H21N3O2S. The molecule has 2 aromatic rings. The summed E-state index contributed by atoms with van der Waals surface area (Å²) in [4.78, 5) is 22.2. The van der Waals surface area contributed by atoms with Crippen molar-refractivity contribution < 1.29 is 9.21 Å². The second kappa shape index (κ2) is 6.09. The second-order valence-corrected chi connectivity index (χ2v) is 7.32. The van der Waals surface area contributed by atoms with Crippen LogP contribution in [0, 0.1) is 12.8 Å². The van der Waals surface area contributed by atoms with Crippen LogP contribution in [0.2, 0.25) is 0 Å². The number of rotatable bonds is 4. The monoisotopic (exact) mass is 331 g/mol. The molecule has 0 atom stereocenters. The molecule has 1 aliphatic heterocycles. The lowest BCUT2D eigenvalue weighted by molar-refractivity contribution is -0.134. The Kier molecular flexibility index (Phi) is 3.95. The van der Waals surface area contributed by atoms with Gasteiger partial charge in [0.1, 0.15) is 5.76 Å². The largest absolute Gasteiger partial charge is 0.440 e. The molecule has 23 heavy (non-hydrogen) atoms. The fourth-order valence-electron chi connectivity index (χ4n) is 3.01. The summed E-state index contributed by atoms with van der Waals surface area (Å²) in [5.74, 6) is 2.30. The molecule has 0 aromatic carbocycles. The van der Waals surface area contributed by atoms with E-state index in [1.165, 1.54) is 0 Å². The number of hydrogen-bond acceptors (Lipinski definition) is 5. The van der Waals surface area contributed by atoms with Gasteiger partial charge in [0.2, 0.25) is 11.8 Å². The van der Waals surface area contributed by atoms with Crippen molar-refractivity contribution in [1.82, 2.24) is 14.8 Å². The van der Waals surface area contributed by atoms with Crippen LogP contribution in [0.1, 0.15) is 24.3 Å². The maximum atomic E-state index is 12.1. The van der Waals surface area contributed by atoms with Crippen LogP contribution < -0.4 is 0 Å². The van der Waals surface area contributed by atoms with E-state index in [2.05, 4.69) is 9.88 Å². The minimum atomic E-state index is 0.327. The molecule has 0 bridgehead atoms. The Labute approximate surface area is 139 Å². The van der Waals surface area contributed by atoms with Crippen LogP contribution in [0.25, 0.3) is 10.8 Å². The molecule has 5 nitrogen and oxygen atoms in total. The SMILES string of the molecule is Cc1oc(-c2cccs2)nc1CN1CCN(C(=O)C2CC2)CC1. The third kappa shape index (κ3) is 3.19. The highest BCUT2D eigenvalue weighted by Crippen LogP contribution is 2.31. The van der Waals surface area contributed by atoms with Crippen molar-refractivity contribution in [2.75, 3.05) is 26.2 Å². The Balaban J connectivity index is 1.37. The third-order valence-electron chi connectivity index (χ3n) is 4.61. The standard InChI is InChI=1S/C17H21N3O2S/c1-12-14(18-16(22-12)15-3-2-10-23-15)11-19-6-8-20(9-7-19)17(21)13-4-5-13/h2-3,10,13H,4-9,11H2,1H3. The van der Waals surface area contributed by atoms with Gasteiger partial charge >= 0.3 is 0 Å². The van der Waals surface area contributed by atoms with E-state index in [1.54, 1.807) is 11.3 Å². The minimum absolute atomic E-state index is 0.327. The number of carbonyl (C=O) groups is 1. The molecule has 1 aliphatic carbocycles. The molecule has 1 saturated heterocycles. The molecule has 1 amide bonds. The maximum Gasteiger partial charge on any atom is 0.236 e. The molecule has 2 fully saturated rings. The fourth-order valence-corrected chi connectivity index (χ4v) is 3.66. The van der Waals surface area contributed by atoms with Gasteiger partial charge < -0.3 is 9.32 Å². The molecule has 3 heterocycles. The molecule has 0 spiro atoms. The zero-order chi connectivity index (χ0) is 15.8. The van der Waals surface area contributed by atoms with Gasteiger partial charge in [-0.15, -0.1) is 11.3 Å². The maximum absolute atomic E-state index is 12.1. The Morgan fingerprint density at radius 3 is 2.78 bits per heavy atom. The van der Waals surface area contributed by atoms with Crippen LogP contribution in [-0.2, 0) is 11.3 Å². The van der Waals surface area contributed by atoms with Crippen LogP contribution in [0.4, 0.5) is 0 Å². The first-order valence-electron chi connectivity index (χ1n) is 8.22. The summed E-state index contributed by atoms with van der Waals surface area (Å²) >= 11 is 1.64. The highest BCUT2D eigenvalue weighted by atomic mass is 32.1. The second-order valence-electron chi connectivity index (χ2n) is 6.37. The van der Waals surface area contributed by atoms with E-state index in [4.69, 9.17) is 4.42 Å². The number of thiophene rings is 1. The van der Waals surface area contributed by atoms with E-state index >= 15 is 0 Å². The van der Waals surface area contributed by atoms with Crippen molar-refractivity contribution in [2.45, 2.75) is 26.3 Å². The summed E-state index contributed by atoms with van der Waals surface area (Å²) in [7, 11) is 0. The summed E-state index contributed by atoms with van der Waals surface area (Å²) in [5, 5.41) is 2.03. The Morgan fingerprint density at radius 1 is 1.35 bits per heavy atom. The number of aromatic nitrogens is 1.